The van der Waals surface area contributed by atoms with Gasteiger partial charge in [-0.25, -0.2) is 14.2 Å². The average molecular weight is 357 g/mol. The summed E-state index contributed by atoms with van der Waals surface area (Å²) >= 11 is 1.54. The largest absolute Gasteiger partial charge is 0.488 e. The fourth-order valence-corrected chi connectivity index (χ4v) is 2.99. The second kappa shape index (κ2) is 7.44. The number of nitrogens with zero attached hydrogens (tertiary/aromatic N) is 1. The van der Waals surface area contributed by atoms with Gasteiger partial charge in [-0.05, 0) is 42.8 Å². The minimum Gasteiger partial charge on any atom is -0.488 e. The minimum absolute atomic E-state index is 0.150. The van der Waals surface area contributed by atoms with E-state index in [9.17, 15) is 9.18 Å². The third kappa shape index (κ3) is 4.03. The molecule has 0 bridgehead atoms. The predicted octanol–water partition coefficient (Wildman–Crippen LogP) is 4.62. The number of carbonyl (C=O) groups excluding carboxylic acids is 1. The lowest BCUT2D eigenvalue weighted by Crippen LogP contribution is -2.06. The van der Waals surface area contributed by atoms with Gasteiger partial charge >= 0.3 is 5.97 Å². The van der Waals surface area contributed by atoms with E-state index in [0.29, 0.717) is 16.9 Å². The molecule has 4 nitrogen and oxygen atoms in total. The number of aromatic nitrogens is 1. The van der Waals surface area contributed by atoms with Crippen LogP contribution in [0, 0.1) is 12.7 Å². The molecule has 3 rings (SSSR count). The molecule has 0 aliphatic heterocycles. The van der Waals surface area contributed by atoms with Crippen LogP contribution in [0.4, 0.5) is 4.39 Å². The molecule has 3 aromatic rings. The smallest absolute Gasteiger partial charge is 0.341 e. The number of halogens is 1. The summed E-state index contributed by atoms with van der Waals surface area (Å²) in [7, 11) is 1.32. The van der Waals surface area contributed by atoms with Crippen LogP contribution in [0.15, 0.2) is 47.8 Å². The molecular formula is C19H16FNO3S. The van der Waals surface area contributed by atoms with Crippen molar-refractivity contribution in [2.75, 3.05) is 7.11 Å². The van der Waals surface area contributed by atoms with Crippen LogP contribution >= 0.6 is 11.3 Å². The van der Waals surface area contributed by atoms with E-state index in [1.807, 2.05) is 18.4 Å². The highest BCUT2D eigenvalue weighted by molar-refractivity contribution is 7.09. The summed E-state index contributed by atoms with van der Waals surface area (Å²) in [6, 6.07) is 11.4. The number of thiazole rings is 1. The first-order chi connectivity index (χ1) is 12.1. The summed E-state index contributed by atoms with van der Waals surface area (Å²) in [6.07, 6.45) is 0. The maximum absolute atomic E-state index is 13.3. The molecular weight excluding hydrogens is 341 g/mol. The van der Waals surface area contributed by atoms with Crippen LogP contribution in [0.25, 0.3) is 11.3 Å². The molecule has 1 aromatic heterocycles. The van der Waals surface area contributed by atoms with Gasteiger partial charge in [-0.2, -0.15) is 0 Å². The minimum atomic E-state index is -0.497. The lowest BCUT2D eigenvalue weighted by molar-refractivity contribution is 0.0595. The average Bonchev–Trinajstić information content (AvgIpc) is 3.05. The molecule has 0 aliphatic rings. The maximum atomic E-state index is 13.3. The number of ether oxygens (including phenoxy) is 2. The van der Waals surface area contributed by atoms with Gasteiger partial charge in [-0.15, -0.1) is 11.3 Å². The first-order valence-electron chi connectivity index (χ1n) is 7.59. The second-order valence-electron chi connectivity index (χ2n) is 5.37. The van der Waals surface area contributed by atoms with Crippen LogP contribution < -0.4 is 4.74 Å². The molecule has 0 radical (unpaired) electrons. The SMILES string of the molecule is COC(=O)c1cc(-c2csc(C)n2)ccc1OCc1cccc(F)c1. The number of methoxy groups -OCH3 is 1. The van der Waals surface area contributed by atoms with Crippen molar-refractivity contribution in [1.82, 2.24) is 4.98 Å². The van der Waals surface area contributed by atoms with Crippen LogP contribution in [0.5, 0.6) is 5.75 Å². The van der Waals surface area contributed by atoms with Crippen molar-refractivity contribution in [1.29, 1.82) is 0 Å². The topological polar surface area (TPSA) is 48.4 Å². The highest BCUT2D eigenvalue weighted by atomic mass is 32.1. The zero-order valence-electron chi connectivity index (χ0n) is 13.8. The molecule has 25 heavy (non-hydrogen) atoms. The molecule has 6 heteroatoms. The highest BCUT2D eigenvalue weighted by Gasteiger charge is 2.16. The van der Waals surface area contributed by atoms with Gasteiger partial charge in [-0.3, -0.25) is 0 Å². The summed E-state index contributed by atoms with van der Waals surface area (Å²) < 4.78 is 23.8. The van der Waals surface area contributed by atoms with Crippen LogP contribution in [0.1, 0.15) is 20.9 Å². The van der Waals surface area contributed by atoms with E-state index in [4.69, 9.17) is 9.47 Å². The molecule has 0 unspecified atom stereocenters. The van der Waals surface area contributed by atoms with E-state index in [2.05, 4.69) is 4.98 Å². The van der Waals surface area contributed by atoms with E-state index in [0.717, 1.165) is 16.3 Å². The summed E-state index contributed by atoms with van der Waals surface area (Å²) in [5.74, 6) is -0.446. The first-order valence-corrected chi connectivity index (χ1v) is 8.47. The van der Waals surface area contributed by atoms with Crippen molar-refractivity contribution < 1.29 is 18.7 Å². The Bertz CT molecular complexity index is 907. The summed E-state index contributed by atoms with van der Waals surface area (Å²) in [6.45, 7) is 2.07. The van der Waals surface area contributed by atoms with Gasteiger partial charge < -0.3 is 9.47 Å². The van der Waals surface area contributed by atoms with Gasteiger partial charge in [0.1, 0.15) is 23.7 Å². The Labute approximate surface area is 148 Å². The van der Waals surface area contributed by atoms with Gasteiger partial charge in [0.05, 0.1) is 17.8 Å². The summed E-state index contributed by atoms with van der Waals surface area (Å²) in [5, 5.41) is 2.87. The van der Waals surface area contributed by atoms with E-state index < -0.39 is 5.97 Å². The van der Waals surface area contributed by atoms with E-state index in [1.165, 1.54) is 30.6 Å². The van der Waals surface area contributed by atoms with Gasteiger partial charge in [0.25, 0.3) is 0 Å². The van der Waals surface area contributed by atoms with E-state index >= 15 is 0 Å². The molecule has 0 saturated heterocycles. The molecule has 2 aromatic carbocycles. The predicted molar refractivity (Wildman–Crippen MR) is 94.4 cm³/mol. The highest BCUT2D eigenvalue weighted by Crippen LogP contribution is 2.28. The Morgan fingerprint density at radius 2 is 2.08 bits per heavy atom. The Hall–Kier alpha value is -2.73. The van der Waals surface area contributed by atoms with Crippen molar-refractivity contribution >= 4 is 17.3 Å². The number of rotatable bonds is 5. The van der Waals surface area contributed by atoms with Crippen LogP contribution in [0.2, 0.25) is 0 Å². The molecule has 0 spiro atoms. The lowest BCUT2D eigenvalue weighted by Gasteiger charge is -2.12. The van der Waals surface area contributed by atoms with Gasteiger partial charge in [-0.1, -0.05) is 12.1 Å². The summed E-state index contributed by atoms with van der Waals surface area (Å²) in [5.41, 5.74) is 2.59. The second-order valence-corrected chi connectivity index (χ2v) is 6.44. The molecule has 0 aliphatic carbocycles. The lowest BCUT2D eigenvalue weighted by atomic mass is 10.1. The maximum Gasteiger partial charge on any atom is 0.341 e. The van der Waals surface area contributed by atoms with Crippen LogP contribution in [0.3, 0.4) is 0 Å². The monoisotopic (exact) mass is 357 g/mol. The standard InChI is InChI=1S/C19H16FNO3S/c1-12-21-17(11-25-12)14-6-7-18(16(9-14)19(22)23-2)24-10-13-4-3-5-15(20)8-13/h3-9,11H,10H2,1-2H3. The first kappa shape index (κ1) is 17.1. The molecule has 128 valence electrons. The van der Waals surface area contributed by atoms with Gasteiger partial charge in [0.15, 0.2) is 0 Å². The third-order valence-electron chi connectivity index (χ3n) is 3.58. The van der Waals surface area contributed by atoms with E-state index in [-0.39, 0.29) is 12.4 Å². The normalized spacial score (nSPS) is 10.5. The van der Waals surface area contributed by atoms with Crippen molar-refractivity contribution in [3.63, 3.8) is 0 Å². The Morgan fingerprint density at radius 3 is 2.76 bits per heavy atom. The fraction of sp³-hybridized carbons (Fsp3) is 0.158. The Morgan fingerprint density at radius 1 is 1.24 bits per heavy atom. The van der Waals surface area contributed by atoms with Crippen molar-refractivity contribution in [3.8, 4) is 17.0 Å². The van der Waals surface area contributed by atoms with Crippen molar-refractivity contribution in [2.45, 2.75) is 13.5 Å². The van der Waals surface area contributed by atoms with E-state index in [1.54, 1.807) is 24.3 Å². The number of hydrogen-bond acceptors (Lipinski definition) is 5. The number of aryl methyl sites for hydroxylation is 1. The van der Waals surface area contributed by atoms with Gasteiger partial charge in [0, 0.05) is 10.9 Å². The zero-order chi connectivity index (χ0) is 17.8. The third-order valence-corrected chi connectivity index (χ3v) is 4.36. The number of benzene rings is 2. The number of hydrogen-bond donors (Lipinski definition) is 0. The molecule has 1 heterocycles. The molecule has 0 N–H and O–H groups in total. The quantitative estimate of drug-likeness (QED) is 0.625. The molecule has 0 atom stereocenters. The van der Waals surface area contributed by atoms with Crippen LogP contribution in [-0.4, -0.2) is 18.1 Å². The molecule has 0 fully saturated rings. The number of carbonyl (C=O) groups is 1. The molecule has 0 amide bonds. The zero-order valence-corrected chi connectivity index (χ0v) is 14.6. The molecule has 0 saturated carbocycles. The van der Waals surface area contributed by atoms with Crippen molar-refractivity contribution in [3.05, 3.63) is 69.8 Å². The Balaban J connectivity index is 1.88. The fourth-order valence-electron chi connectivity index (χ4n) is 2.37. The van der Waals surface area contributed by atoms with Gasteiger partial charge in [0.2, 0.25) is 0 Å². The Kier molecular flexibility index (Phi) is 5.09. The summed E-state index contributed by atoms with van der Waals surface area (Å²) in [4.78, 5) is 16.5. The number of esters is 1. The van der Waals surface area contributed by atoms with Crippen molar-refractivity contribution in [2.24, 2.45) is 0 Å². The van der Waals surface area contributed by atoms with Crippen LogP contribution in [-0.2, 0) is 11.3 Å².